The number of amides is 1. The van der Waals surface area contributed by atoms with Crippen molar-refractivity contribution in [2.24, 2.45) is 5.92 Å². The normalized spacial score (nSPS) is 22.5. The van der Waals surface area contributed by atoms with Gasteiger partial charge in [-0.25, -0.2) is 4.39 Å². The third kappa shape index (κ3) is 4.73. The average molecular weight is 366 g/mol. The smallest absolute Gasteiger partial charge is 0.317 e. The first-order valence-electron chi connectivity index (χ1n) is 8.56. The average Bonchev–Trinajstić information content (AvgIpc) is 3.33. The highest BCUT2D eigenvalue weighted by Crippen LogP contribution is 2.34. The minimum Gasteiger partial charge on any atom is -0.480 e. The van der Waals surface area contributed by atoms with Gasteiger partial charge in [0.1, 0.15) is 5.82 Å². The summed E-state index contributed by atoms with van der Waals surface area (Å²) in [5, 5.41) is 12.0. The molecule has 0 radical (unpaired) electrons. The molecular formula is C18H23FN2O3S. The number of nitrogens with zero attached hydrogens (tertiary/aromatic N) is 1. The number of nitrogens with one attached hydrogen (secondary N) is 1. The van der Waals surface area contributed by atoms with Gasteiger partial charge in [-0.1, -0.05) is 0 Å². The Morgan fingerprint density at radius 3 is 2.68 bits per heavy atom. The Hall–Kier alpha value is -1.60. The Balaban J connectivity index is 1.51. The number of benzene rings is 1. The van der Waals surface area contributed by atoms with Gasteiger partial charge in [-0.3, -0.25) is 14.5 Å². The summed E-state index contributed by atoms with van der Waals surface area (Å²) >= 11 is 1.27. The summed E-state index contributed by atoms with van der Waals surface area (Å²) in [5.74, 6) is -0.691. The number of carboxylic acid groups (broad SMARTS) is 1. The van der Waals surface area contributed by atoms with Crippen molar-refractivity contribution in [3.63, 3.8) is 0 Å². The zero-order valence-corrected chi connectivity index (χ0v) is 15.0. The molecule has 0 spiro atoms. The van der Waals surface area contributed by atoms with Crippen LogP contribution < -0.4 is 5.32 Å². The number of thioether (sulfide) groups is 1. The largest absolute Gasteiger partial charge is 0.480 e. The van der Waals surface area contributed by atoms with Crippen LogP contribution in [0.2, 0.25) is 0 Å². The van der Waals surface area contributed by atoms with E-state index in [-0.39, 0.29) is 30.4 Å². The number of carboxylic acids is 1. The van der Waals surface area contributed by atoms with Crippen LogP contribution in [0.15, 0.2) is 23.1 Å². The van der Waals surface area contributed by atoms with Gasteiger partial charge in [0.2, 0.25) is 0 Å². The van der Waals surface area contributed by atoms with Gasteiger partial charge in [0.05, 0.1) is 6.54 Å². The van der Waals surface area contributed by atoms with Crippen LogP contribution in [0.25, 0.3) is 0 Å². The lowest BCUT2D eigenvalue weighted by molar-refractivity contribution is -0.139. The first-order chi connectivity index (χ1) is 12.0. The van der Waals surface area contributed by atoms with Crippen molar-refractivity contribution in [3.8, 4) is 0 Å². The van der Waals surface area contributed by atoms with E-state index in [4.69, 9.17) is 5.11 Å². The summed E-state index contributed by atoms with van der Waals surface area (Å²) in [7, 11) is 0. The third-order valence-corrected chi connectivity index (χ3v) is 5.66. The minimum absolute atomic E-state index is 0.0516. The molecule has 0 saturated heterocycles. The van der Waals surface area contributed by atoms with Crippen LogP contribution in [0, 0.1) is 11.7 Å². The predicted molar refractivity (Wildman–Crippen MR) is 94.4 cm³/mol. The first-order valence-corrected chi connectivity index (χ1v) is 9.79. The number of carbonyl (C=O) groups excluding carboxylic acids is 1. The lowest BCUT2D eigenvalue weighted by atomic mass is 9.85. The molecule has 1 aromatic rings. The van der Waals surface area contributed by atoms with Crippen LogP contribution in [0.1, 0.15) is 36.0 Å². The quantitative estimate of drug-likeness (QED) is 0.692. The van der Waals surface area contributed by atoms with Crippen LogP contribution in [-0.2, 0) is 4.79 Å². The van der Waals surface area contributed by atoms with Crippen LogP contribution in [0.3, 0.4) is 0 Å². The molecule has 25 heavy (non-hydrogen) atoms. The lowest BCUT2D eigenvalue weighted by Crippen LogP contribution is -2.55. The summed E-state index contributed by atoms with van der Waals surface area (Å²) in [6, 6.07) is 4.64. The van der Waals surface area contributed by atoms with Crippen molar-refractivity contribution in [3.05, 3.63) is 29.6 Å². The molecule has 2 saturated carbocycles. The molecule has 2 N–H and O–H groups in total. The summed E-state index contributed by atoms with van der Waals surface area (Å²) in [6.07, 6.45) is 5.68. The van der Waals surface area contributed by atoms with Gasteiger partial charge >= 0.3 is 5.97 Å². The highest BCUT2D eigenvalue weighted by molar-refractivity contribution is 7.98. The SMILES string of the molecule is CSc1cc(C(=O)NC2CC(N(CC(=O)O)CC3CC3)C2)ccc1F. The van der Waals surface area contributed by atoms with Crippen LogP contribution in [0.5, 0.6) is 0 Å². The van der Waals surface area contributed by atoms with Crippen molar-refractivity contribution in [1.82, 2.24) is 10.2 Å². The van der Waals surface area contributed by atoms with E-state index >= 15 is 0 Å². The van der Waals surface area contributed by atoms with Gasteiger partial charge in [0, 0.05) is 29.1 Å². The number of halogens is 1. The molecule has 2 aliphatic carbocycles. The third-order valence-electron chi connectivity index (χ3n) is 4.91. The molecule has 0 aliphatic heterocycles. The summed E-state index contributed by atoms with van der Waals surface area (Å²) in [4.78, 5) is 25.9. The number of carbonyl (C=O) groups is 2. The van der Waals surface area contributed by atoms with Gasteiger partial charge in [-0.2, -0.15) is 0 Å². The molecule has 7 heteroatoms. The highest BCUT2D eigenvalue weighted by atomic mass is 32.2. The Morgan fingerprint density at radius 2 is 2.08 bits per heavy atom. The fourth-order valence-electron chi connectivity index (χ4n) is 3.22. The molecule has 1 amide bonds. The van der Waals surface area contributed by atoms with Crippen molar-refractivity contribution >= 4 is 23.6 Å². The van der Waals surface area contributed by atoms with E-state index < -0.39 is 5.97 Å². The number of hydrogen-bond acceptors (Lipinski definition) is 4. The summed E-state index contributed by atoms with van der Waals surface area (Å²) in [6.45, 7) is 0.906. The maximum Gasteiger partial charge on any atom is 0.317 e. The van der Waals surface area contributed by atoms with Crippen LogP contribution in [0.4, 0.5) is 4.39 Å². The molecule has 0 heterocycles. The monoisotopic (exact) mass is 366 g/mol. The molecule has 1 aromatic carbocycles. The summed E-state index contributed by atoms with van der Waals surface area (Å²) in [5.41, 5.74) is 0.453. The van der Waals surface area contributed by atoms with Crippen molar-refractivity contribution in [2.45, 2.75) is 42.7 Å². The molecule has 0 unspecified atom stereocenters. The molecular weight excluding hydrogens is 343 g/mol. The topological polar surface area (TPSA) is 69.6 Å². The fourth-order valence-corrected chi connectivity index (χ4v) is 3.73. The fraction of sp³-hybridized carbons (Fsp3) is 0.556. The Kier molecular flexibility index (Phi) is 5.64. The van der Waals surface area contributed by atoms with E-state index in [2.05, 4.69) is 5.32 Å². The Labute approximate surface area is 151 Å². The van der Waals surface area contributed by atoms with Gasteiger partial charge in [-0.05, 0) is 56.1 Å². The lowest BCUT2D eigenvalue weighted by Gasteiger charge is -2.42. The van der Waals surface area contributed by atoms with Crippen molar-refractivity contribution in [1.29, 1.82) is 0 Å². The standard InChI is InChI=1S/C18H23FN2O3S/c1-25-16-6-12(4-5-15(16)19)18(24)20-13-7-14(8-13)21(10-17(22)23)9-11-2-3-11/h4-6,11,13-14H,2-3,7-10H2,1H3,(H,20,24)(H,22,23). The second-order valence-electron chi connectivity index (χ2n) is 6.91. The molecule has 5 nitrogen and oxygen atoms in total. The van der Waals surface area contributed by atoms with E-state index in [1.165, 1.54) is 36.7 Å². The van der Waals surface area contributed by atoms with Gasteiger partial charge in [-0.15, -0.1) is 11.8 Å². The molecule has 2 aliphatic rings. The number of rotatable bonds is 8. The summed E-state index contributed by atoms with van der Waals surface area (Å²) < 4.78 is 13.5. The van der Waals surface area contributed by atoms with E-state index in [9.17, 15) is 14.0 Å². The first kappa shape index (κ1) is 18.2. The Morgan fingerprint density at radius 1 is 1.36 bits per heavy atom. The van der Waals surface area contributed by atoms with Gasteiger partial charge in [0.15, 0.2) is 0 Å². The van der Waals surface area contributed by atoms with Crippen LogP contribution in [-0.4, -0.2) is 53.3 Å². The zero-order valence-electron chi connectivity index (χ0n) is 14.2. The molecule has 0 atom stereocenters. The van der Waals surface area contributed by atoms with E-state index in [0.29, 0.717) is 16.4 Å². The second-order valence-corrected chi connectivity index (χ2v) is 7.76. The molecule has 3 rings (SSSR count). The van der Waals surface area contributed by atoms with Crippen LogP contribution >= 0.6 is 11.8 Å². The van der Waals surface area contributed by atoms with Gasteiger partial charge < -0.3 is 10.4 Å². The maximum absolute atomic E-state index is 13.5. The van der Waals surface area contributed by atoms with Crippen molar-refractivity contribution in [2.75, 3.05) is 19.3 Å². The minimum atomic E-state index is -0.802. The Bertz CT molecular complexity index is 660. The molecule has 0 aromatic heterocycles. The van der Waals surface area contributed by atoms with E-state index in [1.807, 2.05) is 4.90 Å². The molecule has 2 fully saturated rings. The second kappa shape index (κ2) is 7.74. The van der Waals surface area contributed by atoms with E-state index in [0.717, 1.165) is 19.4 Å². The molecule has 0 bridgehead atoms. The number of hydrogen-bond donors (Lipinski definition) is 2. The maximum atomic E-state index is 13.5. The molecule has 136 valence electrons. The predicted octanol–water partition coefficient (Wildman–Crippen LogP) is 2.61. The van der Waals surface area contributed by atoms with Crippen molar-refractivity contribution < 1.29 is 19.1 Å². The highest BCUT2D eigenvalue weighted by Gasteiger charge is 2.37. The van der Waals surface area contributed by atoms with Gasteiger partial charge in [0.25, 0.3) is 5.91 Å². The zero-order chi connectivity index (χ0) is 18.0. The number of aliphatic carboxylic acids is 1. The van der Waals surface area contributed by atoms with E-state index in [1.54, 1.807) is 12.3 Å².